The minimum Gasteiger partial charge on any atom is -0.439 e. The number of carbonyl (C=O) groups excluding carboxylic acids is 1. The van der Waals surface area contributed by atoms with E-state index in [-0.39, 0.29) is 5.91 Å². The summed E-state index contributed by atoms with van der Waals surface area (Å²) in [6, 6.07) is 8.80. The van der Waals surface area contributed by atoms with Crippen LogP contribution in [0.25, 0.3) is 5.82 Å². The molecule has 0 fully saturated rings. The van der Waals surface area contributed by atoms with E-state index in [1.165, 1.54) is 0 Å². The third-order valence-corrected chi connectivity index (χ3v) is 5.32. The Hall–Kier alpha value is -3.66. The van der Waals surface area contributed by atoms with Crippen LogP contribution in [0.1, 0.15) is 32.6 Å². The fourth-order valence-electron chi connectivity index (χ4n) is 2.79. The Kier molecular flexibility index (Phi) is 5.23. The number of hydrogen-bond acceptors (Lipinski definition) is 8. The van der Waals surface area contributed by atoms with Crippen LogP contribution >= 0.6 is 11.5 Å². The topological polar surface area (TPSA) is 108 Å². The summed E-state index contributed by atoms with van der Waals surface area (Å²) in [5, 5.41) is 6.68. The second-order valence-corrected chi connectivity index (χ2v) is 7.42. The minimum atomic E-state index is -0.238. The normalized spacial score (nSPS) is 10.8. The van der Waals surface area contributed by atoms with Crippen LogP contribution in [0.3, 0.4) is 0 Å². The maximum absolute atomic E-state index is 12.3. The Morgan fingerprint density at radius 1 is 1.07 bits per heavy atom. The van der Waals surface area contributed by atoms with Crippen molar-refractivity contribution in [3.8, 4) is 17.4 Å². The molecule has 0 spiro atoms. The average Bonchev–Trinajstić information content (AvgIpc) is 3.28. The van der Waals surface area contributed by atoms with Crippen LogP contribution in [0.2, 0.25) is 0 Å². The number of rotatable bonds is 5. The number of aryl methyl sites for hydroxylation is 3. The summed E-state index contributed by atoms with van der Waals surface area (Å²) < 4.78 is 11.6. The van der Waals surface area contributed by atoms with E-state index in [2.05, 4.69) is 29.9 Å². The molecule has 3 aromatic heterocycles. The van der Waals surface area contributed by atoms with Crippen LogP contribution in [0.5, 0.6) is 11.6 Å². The molecule has 4 aromatic rings. The second-order valence-electron chi connectivity index (χ2n) is 6.67. The SMILES string of the molecule is Cc1nc(Oc2ccc(NC(=O)c3snnc3C)cc2)cc(-n2cnc(C)c2C)n1. The van der Waals surface area contributed by atoms with E-state index in [0.29, 0.717) is 39.5 Å². The molecule has 1 amide bonds. The Morgan fingerprint density at radius 2 is 1.83 bits per heavy atom. The van der Waals surface area contributed by atoms with Gasteiger partial charge in [-0.15, -0.1) is 5.10 Å². The van der Waals surface area contributed by atoms with Crippen molar-refractivity contribution in [1.82, 2.24) is 29.1 Å². The highest BCUT2D eigenvalue weighted by atomic mass is 32.1. The Bertz CT molecular complexity index is 1210. The highest BCUT2D eigenvalue weighted by Gasteiger charge is 2.14. The predicted molar refractivity (Wildman–Crippen MR) is 112 cm³/mol. The molecule has 4 rings (SSSR count). The molecule has 0 saturated carbocycles. The Morgan fingerprint density at radius 3 is 2.47 bits per heavy atom. The standard InChI is InChI=1S/C20H19N7O2S/c1-11-13(3)27(10-21-11)17-9-18(23-14(4)22-17)29-16-7-5-15(6-8-16)24-20(28)19-12(2)25-26-30-19/h5-10H,1-4H3,(H,24,28). The van der Waals surface area contributed by atoms with Crippen molar-refractivity contribution in [2.75, 3.05) is 5.32 Å². The van der Waals surface area contributed by atoms with E-state index in [0.717, 1.165) is 22.9 Å². The Balaban J connectivity index is 1.50. The molecular weight excluding hydrogens is 402 g/mol. The Labute approximate surface area is 177 Å². The minimum absolute atomic E-state index is 0.238. The number of nitrogens with one attached hydrogen (secondary N) is 1. The lowest BCUT2D eigenvalue weighted by Gasteiger charge is -2.10. The molecule has 152 valence electrons. The van der Waals surface area contributed by atoms with Gasteiger partial charge in [0.1, 0.15) is 28.6 Å². The summed E-state index contributed by atoms with van der Waals surface area (Å²) in [6.07, 6.45) is 1.73. The summed E-state index contributed by atoms with van der Waals surface area (Å²) in [5.74, 6) is 2.05. The maximum atomic E-state index is 12.3. The van der Waals surface area contributed by atoms with Crippen molar-refractivity contribution in [2.24, 2.45) is 0 Å². The first-order valence-corrected chi connectivity index (χ1v) is 9.93. The number of imidazole rings is 1. The van der Waals surface area contributed by atoms with Crippen LogP contribution in [-0.4, -0.2) is 35.0 Å². The number of carbonyl (C=O) groups is 1. The number of nitrogens with zero attached hydrogens (tertiary/aromatic N) is 6. The molecule has 1 aromatic carbocycles. The predicted octanol–water partition coefficient (Wildman–Crippen LogP) is 3.79. The van der Waals surface area contributed by atoms with Gasteiger partial charge in [0.25, 0.3) is 5.91 Å². The molecule has 0 atom stereocenters. The molecule has 0 bridgehead atoms. The molecule has 0 aliphatic carbocycles. The molecule has 0 saturated heterocycles. The maximum Gasteiger partial charge on any atom is 0.269 e. The summed E-state index contributed by atoms with van der Waals surface area (Å²) in [7, 11) is 0. The van der Waals surface area contributed by atoms with Crippen molar-refractivity contribution in [1.29, 1.82) is 0 Å². The quantitative estimate of drug-likeness (QED) is 0.522. The van der Waals surface area contributed by atoms with Gasteiger partial charge < -0.3 is 10.1 Å². The van der Waals surface area contributed by atoms with Crippen LogP contribution in [-0.2, 0) is 0 Å². The highest BCUT2D eigenvalue weighted by molar-refractivity contribution is 7.08. The fraction of sp³-hybridized carbons (Fsp3) is 0.200. The first kappa shape index (κ1) is 19.6. The van der Waals surface area contributed by atoms with Crippen molar-refractivity contribution in [3.05, 3.63) is 64.4 Å². The number of aromatic nitrogens is 6. The largest absolute Gasteiger partial charge is 0.439 e. The van der Waals surface area contributed by atoms with Gasteiger partial charge in [0.2, 0.25) is 5.88 Å². The van der Waals surface area contributed by atoms with Gasteiger partial charge in [-0.05, 0) is 63.5 Å². The number of hydrogen-bond donors (Lipinski definition) is 1. The first-order valence-electron chi connectivity index (χ1n) is 9.15. The summed E-state index contributed by atoms with van der Waals surface area (Å²) in [6.45, 7) is 7.49. The van der Waals surface area contributed by atoms with Gasteiger partial charge in [-0.25, -0.2) is 9.97 Å². The van der Waals surface area contributed by atoms with E-state index >= 15 is 0 Å². The van der Waals surface area contributed by atoms with Gasteiger partial charge in [0.05, 0.1) is 11.4 Å². The van der Waals surface area contributed by atoms with Crippen LogP contribution in [0.15, 0.2) is 36.7 Å². The van der Waals surface area contributed by atoms with Gasteiger partial charge in [-0.3, -0.25) is 9.36 Å². The third kappa shape index (κ3) is 4.03. The van der Waals surface area contributed by atoms with Crippen molar-refractivity contribution >= 4 is 23.1 Å². The first-order chi connectivity index (χ1) is 14.4. The van der Waals surface area contributed by atoms with Gasteiger partial charge in [0.15, 0.2) is 0 Å². The average molecular weight is 421 g/mol. The zero-order chi connectivity index (χ0) is 21.3. The summed E-state index contributed by atoms with van der Waals surface area (Å²) >= 11 is 1.07. The third-order valence-electron chi connectivity index (χ3n) is 4.49. The summed E-state index contributed by atoms with van der Waals surface area (Å²) in [4.78, 5) is 25.9. The molecule has 1 N–H and O–H groups in total. The fourth-order valence-corrected chi connectivity index (χ4v) is 3.34. The molecular formula is C20H19N7O2S. The monoisotopic (exact) mass is 421 g/mol. The van der Waals surface area contributed by atoms with Gasteiger partial charge >= 0.3 is 0 Å². The van der Waals surface area contributed by atoms with E-state index in [1.807, 2.05) is 25.3 Å². The van der Waals surface area contributed by atoms with Gasteiger partial charge in [-0.1, -0.05) is 4.49 Å². The van der Waals surface area contributed by atoms with Crippen molar-refractivity contribution in [2.45, 2.75) is 27.7 Å². The highest BCUT2D eigenvalue weighted by Crippen LogP contribution is 2.24. The van der Waals surface area contributed by atoms with E-state index in [4.69, 9.17) is 4.74 Å². The van der Waals surface area contributed by atoms with E-state index < -0.39 is 0 Å². The zero-order valence-electron chi connectivity index (χ0n) is 16.9. The summed E-state index contributed by atoms with van der Waals surface area (Å²) in [5.41, 5.74) is 3.20. The molecule has 30 heavy (non-hydrogen) atoms. The van der Waals surface area contributed by atoms with Gasteiger partial charge in [-0.2, -0.15) is 4.98 Å². The molecule has 0 aliphatic rings. The number of amides is 1. The van der Waals surface area contributed by atoms with E-state index in [9.17, 15) is 4.79 Å². The lowest BCUT2D eigenvalue weighted by Crippen LogP contribution is -2.11. The number of anilines is 1. The lowest BCUT2D eigenvalue weighted by molar-refractivity contribution is 0.103. The molecule has 0 unspecified atom stereocenters. The molecule has 0 aliphatic heterocycles. The second kappa shape index (κ2) is 7.99. The van der Waals surface area contributed by atoms with Crippen LogP contribution in [0, 0.1) is 27.7 Å². The van der Waals surface area contributed by atoms with E-state index in [1.54, 1.807) is 43.6 Å². The molecule has 3 heterocycles. The lowest BCUT2D eigenvalue weighted by atomic mass is 10.3. The van der Waals surface area contributed by atoms with Gasteiger partial charge in [0, 0.05) is 17.4 Å². The zero-order valence-corrected chi connectivity index (χ0v) is 17.7. The number of ether oxygens (including phenoxy) is 1. The van der Waals surface area contributed by atoms with Crippen molar-refractivity contribution < 1.29 is 9.53 Å². The van der Waals surface area contributed by atoms with Crippen molar-refractivity contribution in [3.63, 3.8) is 0 Å². The van der Waals surface area contributed by atoms with Crippen LogP contribution in [0.4, 0.5) is 5.69 Å². The number of benzene rings is 1. The molecule has 9 nitrogen and oxygen atoms in total. The van der Waals surface area contributed by atoms with Crippen LogP contribution < -0.4 is 10.1 Å². The molecule has 0 radical (unpaired) electrons. The molecule has 10 heteroatoms. The smallest absolute Gasteiger partial charge is 0.269 e.